The highest BCUT2D eigenvalue weighted by molar-refractivity contribution is 6.01. The zero-order chi connectivity index (χ0) is 24.5. The summed E-state index contributed by atoms with van der Waals surface area (Å²) in [5, 5.41) is 12.1. The number of hydrogen-bond donors (Lipinski definition) is 2. The van der Waals surface area contributed by atoms with Crippen molar-refractivity contribution >= 4 is 17.7 Å². The number of hydrogen-bond acceptors (Lipinski definition) is 5. The Labute approximate surface area is 194 Å². The quantitative estimate of drug-likeness (QED) is 0.452. The Balaban J connectivity index is 1.53. The van der Waals surface area contributed by atoms with Crippen molar-refractivity contribution in [1.29, 1.82) is 0 Å². The highest BCUT2D eigenvalue weighted by atomic mass is 19.3. The number of alkyl halides is 2. The minimum atomic E-state index is -3.74. The van der Waals surface area contributed by atoms with Crippen LogP contribution in [0.2, 0.25) is 0 Å². The number of amides is 1. The average molecular weight is 468 g/mol. The van der Waals surface area contributed by atoms with Gasteiger partial charge in [-0.15, -0.1) is 8.78 Å². The van der Waals surface area contributed by atoms with Gasteiger partial charge in [-0.2, -0.15) is 0 Å². The van der Waals surface area contributed by atoms with Crippen LogP contribution in [0.4, 0.5) is 14.6 Å². The molecule has 0 saturated heterocycles. The lowest BCUT2D eigenvalue weighted by molar-refractivity contribution is -0.342. The van der Waals surface area contributed by atoms with Gasteiger partial charge in [-0.3, -0.25) is 9.53 Å². The fourth-order valence-electron chi connectivity index (χ4n) is 3.72. The molecule has 0 radical (unpaired) electrons. The second kappa shape index (κ2) is 8.83. The number of methoxy groups -OCH3 is 1. The van der Waals surface area contributed by atoms with E-state index in [4.69, 9.17) is 0 Å². The first-order chi connectivity index (χ1) is 16.1. The second-order valence-corrected chi connectivity index (χ2v) is 8.08. The van der Waals surface area contributed by atoms with Crippen LogP contribution in [0.1, 0.15) is 34.3 Å². The number of pyridine rings is 1. The molecule has 1 heterocycles. The number of aryl methyl sites for hydroxylation is 1. The SMILES string of the molecule is COC(F)(F)Oc1ccc(C2(C(=O)Nc3ccc(C)c(-c4cccc(C(=O)O)c4)n3)CC2)cc1. The van der Waals surface area contributed by atoms with Gasteiger partial charge in [-0.25, -0.2) is 9.78 Å². The number of nitrogens with zero attached hydrogens (tertiary/aromatic N) is 1. The highest BCUT2D eigenvalue weighted by Crippen LogP contribution is 2.49. The summed E-state index contributed by atoms with van der Waals surface area (Å²) in [6, 6.07) is 15.8. The molecule has 0 spiro atoms. The van der Waals surface area contributed by atoms with Crippen LogP contribution in [0.25, 0.3) is 11.3 Å². The number of carboxylic acids is 1. The number of halogens is 2. The summed E-state index contributed by atoms with van der Waals surface area (Å²) in [5.41, 5.74) is 2.05. The van der Waals surface area contributed by atoms with Gasteiger partial charge in [-0.1, -0.05) is 30.3 Å². The predicted octanol–water partition coefficient (Wildman–Crippen LogP) is 5.00. The largest absolute Gasteiger partial charge is 0.535 e. The second-order valence-electron chi connectivity index (χ2n) is 8.08. The van der Waals surface area contributed by atoms with Crippen molar-refractivity contribution in [3.8, 4) is 17.0 Å². The number of aromatic nitrogens is 1. The summed E-state index contributed by atoms with van der Waals surface area (Å²) < 4.78 is 35.0. The molecule has 1 amide bonds. The number of aromatic carboxylic acids is 1. The summed E-state index contributed by atoms with van der Waals surface area (Å²) in [7, 11) is 0.839. The summed E-state index contributed by atoms with van der Waals surface area (Å²) in [6.07, 6.45) is -2.53. The van der Waals surface area contributed by atoms with Gasteiger partial charge in [0.2, 0.25) is 5.91 Å². The lowest BCUT2D eigenvalue weighted by Gasteiger charge is -2.18. The first-order valence-electron chi connectivity index (χ1n) is 10.5. The van der Waals surface area contributed by atoms with Crippen molar-refractivity contribution in [2.24, 2.45) is 0 Å². The summed E-state index contributed by atoms with van der Waals surface area (Å²) in [6.45, 7) is 1.85. The Hall–Kier alpha value is -3.85. The number of benzene rings is 2. The van der Waals surface area contributed by atoms with Gasteiger partial charge < -0.3 is 15.2 Å². The van der Waals surface area contributed by atoms with E-state index in [1.807, 2.05) is 6.92 Å². The van der Waals surface area contributed by atoms with Crippen LogP contribution >= 0.6 is 0 Å². The Bertz CT molecular complexity index is 1240. The predicted molar refractivity (Wildman–Crippen MR) is 120 cm³/mol. The molecule has 2 aromatic carbocycles. The van der Waals surface area contributed by atoms with Crippen LogP contribution in [-0.4, -0.2) is 35.4 Å². The van der Waals surface area contributed by atoms with Crippen molar-refractivity contribution in [3.05, 3.63) is 77.4 Å². The van der Waals surface area contributed by atoms with Crippen LogP contribution in [0.15, 0.2) is 60.7 Å². The van der Waals surface area contributed by atoms with E-state index in [1.165, 1.54) is 24.3 Å². The van der Waals surface area contributed by atoms with Crippen molar-refractivity contribution < 1.29 is 33.0 Å². The zero-order valence-corrected chi connectivity index (χ0v) is 18.5. The summed E-state index contributed by atoms with van der Waals surface area (Å²) >= 11 is 0. The third-order valence-electron chi connectivity index (χ3n) is 5.79. The topological polar surface area (TPSA) is 97.8 Å². The average Bonchev–Trinajstić information content (AvgIpc) is 3.63. The molecule has 1 aliphatic carbocycles. The molecule has 1 aliphatic rings. The van der Waals surface area contributed by atoms with E-state index in [1.54, 1.807) is 36.4 Å². The van der Waals surface area contributed by atoms with Gasteiger partial charge in [0.25, 0.3) is 0 Å². The minimum absolute atomic E-state index is 0.0831. The molecular weight excluding hydrogens is 446 g/mol. The fraction of sp³-hybridized carbons (Fsp3) is 0.240. The number of anilines is 1. The molecule has 2 N–H and O–H groups in total. The van der Waals surface area contributed by atoms with Gasteiger partial charge >= 0.3 is 12.3 Å². The van der Waals surface area contributed by atoms with E-state index < -0.39 is 17.7 Å². The molecule has 9 heteroatoms. The highest BCUT2D eigenvalue weighted by Gasteiger charge is 2.51. The zero-order valence-electron chi connectivity index (χ0n) is 18.5. The lowest BCUT2D eigenvalue weighted by Crippen LogP contribution is -2.28. The van der Waals surface area contributed by atoms with E-state index >= 15 is 0 Å². The van der Waals surface area contributed by atoms with Crippen LogP contribution in [0.3, 0.4) is 0 Å². The van der Waals surface area contributed by atoms with Crippen molar-refractivity contribution in [2.75, 3.05) is 12.4 Å². The van der Waals surface area contributed by atoms with Crippen molar-refractivity contribution in [1.82, 2.24) is 4.98 Å². The van der Waals surface area contributed by atoms with Gasteiger partial charge in [-0.05, 0) is 61.2 Å². The van der Waals surface area contributed by atoms with Crippen LogP contribution < -0.4 is 10.1 Å². The van der Waals surface area contributed by atoms with Crippen molar-refractivity contribution in [3.63, 3.8) is 0 Å². The molecule has 0 unspecified atom stereocenters. The molecule has 1 saturated carbocycles. The number of carbonyl (C=O) groups is 2. The fourth-order valence-corrected chi connectivity index (χ4v) is 3.72. The molecule has 0 bridgehead atoms. The lowest BCUT2D eigenvalue weighted by atomic mass is 9.95. The Morgan fingerprint density at radius 3 is 2.41 bits per heavy atom. The van der Waals surface area contributed by atoms with Gasteiger partial charge in [0.15, 0.2) is 0 Å². The van der Waals surface area contributed by atoms with E-state index in [0.29, 0.717) is 35.5 Å². The van der Waals surface area contributed by atoms with Gasteiger partial charge in [0.1, 0.15) is 11.6 Å². The molecular formula is C25H22F2N2O5. The maximum Gasteiger partial charge on any atom is 0.535 e. The first-order valence-corrected chi connectivity index (χ1v) is 10.5. The smallest absolute Gasteiger partial charge is 0.478 e. The number of ether oxygens (including phenoxy) is 2. The maximum atomic E-state index is 13.3. The monoisotopic (exact) mass is 468 g/mol. The van der Waals surface area contributed by atoms with Crippen LogP contribution in [0.5, 0.6) is 5.75 Å². The number of rotatable bonds is 8. The number of nitrogens with one attached hydrogen (secondary N) is 1. The normalized spacial score (nSPS) is 14.4. The summed E-state index contributed by atoms with van der Waals surface area (Å²) in [5.74, 6) is -1.05. The third-order valence-corrected chi connectivity index (χ3v) is 5.79. The Kier molecular flexibility index (Phi) is 6.05. The van der Waals surface area contributed by atoms with E-state index in [2.05, 4.69) is 19.8 Å². The molecule has 3 aromatic rings. The standard InChI is InChI=1S/C25H22F2N2O5/c1-15-6-11-20(28-21(15)16-4-3-5-17(14-16)22(30)31)29-23(32)24(12-13-24)18-7-9-19(10-8-18)34-25(26,27)33-2/h3-11,14H,12-13H2,1-2H3,(H,30,31)(H,28,29,32). The van der Waals surface area contributed by atoms with E-state index in [9.17, 15) is 23.5 Å². The Morgan fingerprint density at radius 2 is 1.79 bits per heavy atom. The first kappa shape index (κ1) is 23.3. The van der Waals surface area contributed by atoms with E-state index in [0.717, 1.165) is 12.7 Å². The molecule has 34 heavy (non-hydrogen) atoms. The molecule has 0 atom stereocenters. The third kappa shape index (κ3) is 4.74. The summed E-state index contributed by atoms with van der Waals surface area (Å²) in [4.78, 5) is 29.0. The van der Waals surface area contributed by atoms with Crippen LogP contribution in [0, 0.1) is 6.92 Å². The Morgan fingerprint density at radius 1 is 1.09 bits per heavy atom. The molecule has 0 aliphatic heterocycles. The molecule has 4 rings (SSSR count). The van der Waals surface area contributed by atoms with Gasteiger partial charge in [0, 0.05) is 12.7 Å². The molecule has 1 aromatic heterocycles. The van der Waals surface area contributed by atoms with Crippen molar-refractivity contribution in [2.45, 2.75) is 31.5 Å². The van der Waals surface area contributed by atoms with Gasteiger partial charge in [0.05, 0.1) is 16.7 Å². The number of carboxylic acid groups (broad SMARTS) is 1. The molecule has 7 nitrogen and oxygen atoms in total. The minimum Gasteiger partial charge on any atom is -0.478 e. The number of carbonyl (C=O) groups excluding carboxylic acids is 1. The molecule has 176 valence electrons. The molecule has 1 fully saturated rings. The van der Waals surface area contributed by atoms with Crippen LogP contribution in [-0.2, 0) is 14.9 Å². The van der Waals surface area contributed by atoms with E-state index in [-0.39, 0.29) is 17.2 Å². The maximum absolute atomic E-state index is 13.3.